The number of fused-ring (bicyclic) bond motifs is 1. The van der Waals surface area contributed by atoms with Gasteiger partial charge >= 0.3 is 0 Å². The summed E-state index contributed by atoms with van der Waals surface area (Å²) in [7, 11) is 0. The molecule has 0 aliphatic carbocycles. The molecule has 1 unspecified atom stereocenters. The van der Waals surface area contributed by atoms with Crippen LogP contribution in [0.15, 0.2) is 47.4 Å². The van der Waals surface area contributed by atoms with E-state index >= 15 is 0 Å². The van der Waals surface area contributed by atoms with Gasteiger partial charge < -0.3 is 20.3 Å². The molecule has 2 aromatic rings. The zero-order valence-electron chi connectivity index (χ0n) is 11.5. The van der Waals surface area contributed by atoms with Crippen LogP contribution in [0.2, 0.25) is 0 Å². The Hall–Kier alpha value is -1.85. The van der Waals surface area contributed by atoms with Crippen molar-refractivity contribution in [1.29, 1.82) is 0 Å². The molecule has 21 heavy (non-hydrogen) atoms. The van der Waals surface area contributed by atoms with Crippen molar-refractivity contribution >= 4 is 17.4 Å². The lowest BCUT2D eigenvalue weighted by molar-refractivity contribution is 0.171. The lowest BCUT2D eigenvalue weighted by atomic mass is 10.1. The van der Waals surface area contributed by atoms with E-state index in [4.69, 9.17) is 15.2 Å². The first-order valence-electron chi connectivity index (χ1n) is 6.78. The van der Waals surface area contributed by atoms with E-state index in [1.807, 2.05) is 36.4 Å². The van der Waals surface area contributed by atoms with Gasteiger partial charge in [-0.25, -0.2) is 0 Å². The van der Waals surface area contributed by atoms with Crippen molar-refractivity contribution in [3.63, 3.8) is 0 Å². The minimum absolute atomic E-state index is 0.549. The van der Waals surface area contributed by atoms with Crippen LogP contribution in [0.5, 0.6) is 11.5 Å². The second-order valence-corrected chi connectivity index (χ2v) is 5.90. The second kappa shape index (κ2) is 6.28. The van der Waals surface area contributed by atoms with Crippen LogP contribution in [0.3, 0.4) is 0 Å². The van der Waals surface area contributed by atoms with Crippen LogP contribution in [-0.2, 0) is 0 Å². The summed E-state index contributed by atoms with van der Waals surface area (Å²) >= 11 is 1.58. The van der Waals surface area contributed by atoms with Gasteiger partial charge in [-0.2, -0.15) is 0 Å². The largest absolute Gasteiger partial charge is 0.486 e. The van der Waals surface area contributed by atoms with Crippen molar-refractivity contribution in [2.24, 2.45) is 0 Å². The van der Waals surface area contributed by atoms with Crippen LogP contribution >= 0.6 is 11.8 Å². The van der Waals surface area contributed by atoms with E-state index in [1.54, 1.807) is 17.8 Å². The van der Waals surface area contributed by atoms with Gasteiger partial charge in [-0.1, -0.05) is 12.1 Å². The minimum atomic E-state index is -0.549. The zero-order valence-corrected chi connectivity index (χ0v) is 12.3. The molecule has 2 aromatic carbocycles. The van der Waals surface area contributed by atoms with Crippen molar-refractivity contribution in [3.05, 3.63) is 48.0 Å². The van der Waals surface area contributed by atoms with E-state index in [2.05, 4.69) is 0 Å². The number of thioether (sulfide) groups is 1. The summed E-state index contributed by atoms with van der Waals surface area (Å²) in [6.07, 6.45) is -0.549. The number of aliphatic hydroxyl groups is 1. The Morgan fingerprint density at radius 3 is 2.71 bits per heavy atom. The van der Waals surface area contributed by atoms with Crippen molar-refractivity contribution < 1.29 is 14.6 Å². The molecule has 0 spiro atoms. The molecule has 0 aromatic heterocycles. The fourth-order valence-corrected chi connectivity index (χ4v) is 3.05. The van der Waals surface area contributed by atoms with Gasteiger partial charge in [-0.3, -0.25) is 0 Å². The predicted octanol–water partition coefficient (Wildman–Crippen LogP) is 2.87. The SMILES string of the molecule is Nc1cccc(C(O)CSc2ccc3c(c2)OCCO3)c1. The van der Waals surface area contributed by atoms with Crippen LogP contribution in [0.1, 0.15) is 11.7 Å². The third-order valence-corrected chi connectivity index (χ3v) is 4.29. The first kappa shape index (κ1) is 14.1. The molecular formula is C16H17NO3S. The molecule has 0 saturated heterocycles. The molecule has 0 radical (unpaired) electrons. The van der Waals surface area contributed by atoms with Crippen LogP contribution in [0.4, 0.5) is 5.69 Å². The van der Waals surface area contributed by atoms with Crippen molar-refractivity contribution in [2.75, 3.05) is 24.7 Å². The summed E-state index contributed by atoms with van der Waals surface area (Å²) in [4.78, 5) is 1.04. The molecule has 5 heteroatoms. The van der Waals surface area contributed by atoms with Crippen molar-refractivity contribution in [3.8, 4) is 11.5 Å². The Kier molecular flexibility index (Phi) is 4.22. The Labute approximate surface area is 127 Å². The first-order chi connectivity index (χ1) is 10.2. The van der Waals surface area contributed by atoms with Gasteiger partial charge in [0.1, 0.15) is 13.2 Å². The van der Waals surface area contributed by atoms with Crippen LogP contribution in [0.25, 0.3) is 0 Å². The number of ether oxygens (including phenoxy) is 2. The molecule has 0 fully saturated rings. The number of nitrogens with two attached hydrogens (primary N) is 1. The van der Waals surface area contributed by atoms with Crippen molar-refractivity contribution in [2.45, 2.75) is 11.0 Å². The first-order valence-corrected chi connectivity index (χ1v) is 7.77. The average molecular weight is 303 g/mol. The maximum atomic E-state index is 10.2. The molecule has 1 aliphatic heterocycles. The topological polar surface area (TPSA) is 64.7 Å². The smallest absolute Gasteiger partial charge is 0.162 e. The summed E-state index contributed by atoms with van der Waals surface area (Å²) in [6, 6.07) is 13.2. The molecule has 3 N–H and O–H groups in total. The summed E-state index contributed by atoms with van der Waals surface area (Å²) in [5.41, 5.74) is 7.23. The Balaban J connectivity index is 1.64. The molecule has 110 valence electrons. The van der Waals surface area contributed by atoms with E-state index in [1.165, 1.54) is 0 Å². The fourth-order valence-electron chi connectivity index (χ4n) is 2.15. The summed E-state index contributed by atoms with van der Waals surface area (Å²) in [5, 5.41) is 10.2. The number of hydrogen-bond acceptors (Lipinski definition) is 5. The molecule has 1 atom stereocenters. The van der Waals surface area contributed by atoms with Crippen LogP contribution < -0.4 is 15.2 Å². The summed E-state index contributed by atoms with van der Waals surface area (Å²) < 4.78 is 11.0. The van der Waals surface area contributed by atoms with E-state index in [0.717, 1.165) is 22.0 Å². The number of anilines is 1. The number of hydrogen-bond donors (Lipinski definition) is 2. The molecule has 0 amide bonds. The van der Waals surface area contributed by atoms with Gasteiger partial charge in [0.15, 0.2) is 11.5 Å². The van der Waals surface area contributed by atoms with Gasteiger partial charge in [0.2, 0.25) is 0 Å². The minimum Gasteiger partial charge on any atom is -0.486 e. The van der Waals surface area contributed by atoms with Gasteiger partial charge in [0.25, 0.3) is 0 Å². The highest BCUT2D eigenvalue weighted by molar-refractivity contribution is 7.99. The van der Waals surface area contributed by atoms with E-state index in [9.17, 15) is 5.11 Å². The Morgan fingerprint density at radius 2 is 1.90 bits per heavy atom. The predicted molar refractivity (Wildman–Crippen MR) is 84.0 cm³/mol. The monoisotopic (exact) mass is 303 g/mol. The third-order valence-electron chi connectivity index (χ3n) is 3.22. The van der Waals surface area contributed by atoms with Crippen LogP contribution in [0, 0.1) is 0 Å². The Bertz CT molecular complexity index is 633. The van der Waals surface area contributed by atoms with E-state index < -0.39 is 6.10 Å². The van der Waals surface area contributed by atoms with Gasteiger partial charge in [-0.05, 0) is 35.9 Å². The lowest BCUT2D eigenvalue weighted by Crippen LogP contribution is -2.15. The molecular weight excluding hydrogens is 286 g/mol. The molecule has 4 nitrogen and oxygen atoms in total. The highest BCUT2D eigenvalue weighted by Gasteiger charge is 2.13. The number of nitrogen functional groups attached to an aromatic ring is 1. The van der Waals surface area contributed by atoms with Crippen LogP contribution in [-0.4, -0.2) is 24.1 Å². The normalized spacial score (nSPS) is 14.7. The standard InChI is InChI=1S/C16H17NO3S/c17-12-3-1-2-11(8-12)14(18)10-21-13-4-5-15-16(9-13)20-7-6-19-15/h1-5,8-9,14,18H,6-7,10,17H2. The maximum Gasteiger partial charge on any atom is 0.162 e. The second-order valence-electron chi connectivity index (χ2n) is 4.80. The molecule has 0 saturated carbocycles. The highest BCUT2D eigenvalue weighted by Crippen LogP contribution is 2.35. The quantitative estimate of drug-likeness (QED) is 0.671. The van der Waals surface area contributed by atoms with Crippen molar-refractivity contribution in [1.82, 2.24) is 0 Å². The molecule has 1 aliphatic rings. The molecule has 1 heterocycles. The van der Waals surface area contributed by atoms with E-state index in [-0.39, 0.29) is 0 Å². The van der Waals surface area contributed by atoms with Gasteiger partial charge in [-0.15, -0.1) is 11.8 Å². The lowest BCUT2D eigenvalue weighted by Gasteiger charge is -2.19. The molecule has 0 bridgehead atoms. The summed E-state index contributed by atoms with van der Waals surface area (Å²) in [5.74, 6) is 2.11. The van der Waals surface area contributed by atoms with Gasteiger partial charge in [0, 0.05) is 16.3 Å². The third kappa shape index (κ3) is 3.43. The number of aliphatic hydroxyl groups excluding tert-OH is 1. The van der Waals surface area contributed by atoms with E-state index in [0.29, 0.717) is 24.7 Å². The average Bonchev–Trinajstić information content (AvgIpc) is 2.52. The number of rotatable bonds is 4. The zero-order chi connectivity index (χ0) is 14.7. The maximum absolute atomic E-state index is 10.2. The highest BCUT2D eigenvalue weighted by atomic mass is 32.2. The molecule has 3 rings (SSSR count). The van der Waals surface area contributed by atoms with Gasteiger partial charge in [0.05, 0.1) is 6.10 Å². The fraction of sp³-hybridized carbons (Fsp3) is 0.250. The Morgan fingerprint density at radius 1 is 1.10 bits per heavy atom. The number of benzene rings is 2. The summed E-state index contributed by atoms with van der Waals surface area (Å²) in [6.45, 7) is 1.17.